The molecule has 3 rings (SSSR count). The van der Waals surface area contributed by atoms with Crippen LogP contribution in [0.3, 0.4) is 0 Å². The van der Waals surface area contributed by atoms with Gasteiger partial charge in [0.05, 0.1) is 25.1 Å². The van der Waals surface area contributed by atoms with Crippen LogP contribution in [0.1, 0.15) is 49.8 Å². The van der Waals surface area contributed by atoms with Gasteiger partial charge in [0.1, 0.15) is 5.75 Å². The smallest absolute Gasteiger partial charge is 0.243 e. The molecule has 2 atom stereocenters. The van der Waals surface area contributed by atoms with E-state index in [-0.39, 0.29) is 17.3 Å². The molecule has 0 bridgehead atoms. The van der Waals surface area contributed by atoms with Crippen molar-refractivity contribution in [3.63, 3.8) is 0 Å². The highest BCUT2D eigenvalue weighted by molar-refractivity contribution is 7.89. The number of anilines is 1. The quantitative estimate of drug-likeness (QED) is 0.381. The average molecular weight is 587 g/mol. The van der Waals surface area contributed by atoms with Gasteiger partial charge in [-0.15, -0.1) is 0 Å². The predicted molar refractivity (Wildman–Crippen MR) is 163 cm³/mol. The fourth-order valence-electron chi connectivity index (χ4n) is 5.41. The number of sulfonamides is 1. The zero-order chi connectivity index (χ0) is 30.3. The molecule has 1 fully saturated rings. The number of nitrogens with one attached hydrogen (secondary N) is 1. The van der Waals surface area contributed by atoms with Crippen molar-refractivity contribution in [1.29, 1.82) is 0 Å². The molecular weight excluding hydrogens is 540 g/mol. The summed E-state index contributed by atoms with van der Waals surface area (Å²) in [6, 6.07) is 11.6. The van der Waals surface area contributed by atoms with E-state index >= 15 is 0 Å². The first-order valence-corrected chi connectivity index (χ1v) is 15.8. The molecule has 0 aromatic heterocycles. The van der Waals surface area contributed by atoms with Gasteiger partial charge in [-0.3, -0.25) is 9.59 Å². The molecule has 41 heavy (non-hydrogen) atoms. The van der Waals surface area contributed by atoms with Crippen molar-refractivity contribution >= 4 is 27.5 Å². The topological polar surface area (TPSA) is 99.3 Å². The second-order valence-corrected chi connectivity index (χ2v) is 13.4. The minimum Gasteiger partial charge on any atom is -0.497 e. The van der Waals surface area contributed by atoms with Crippen molar-refractivity contribution in [3.8, 4) is 5.75 Å². The van der Waals surface area contributed by atoms with E-state index in [0.29, 0.717) is 23.4 Å². The molecule has 1 N–H and O–H groups in total. The van der Waals surface area contributed by atoms with Crippen LogP contribution in [0.25, 0.3) is 0 Å². The monoisotopic (exact) mass is 586 g/mol. The van der Waals surface area contributed by atoms with E-state index in [1.165, 1.54) is 39.1 Å². The standard InChI is InChI=1S/C31H46N4O5S/c1-8-22(2)15-26-13-14-35(20-26)27-11-9-25(10-12-27)19-33(5)30(37)18-32-29(36)21-34(6)41(38,39)31-23(3)16-28(40-7)17-24(31)4/h9-12,16-17,22,26H,8,13-15,18-21H2,1-7H3,(H,32,36)/t22?,26-/m0/s1. The molecule has 0 radical (unpaired) electrons. The molecule has 1 aliphatic rings. The molecule has 1 heterocycles. The van der Waals surface area contributed by atoms with E-state index in [4.69, 9.17) is 4.74 Å². The summed E-state index contributed by atoms with van der Waals surface area (Å²) in [6.07, 6.45) is 3.74. The lowest BCUT2D eigenvalue weighted by atomic mass is 9.93. The lowest BCUT2D eigenvalue weighted by Gasteiger charge is -2.22. The molecule has 0 spiro atoms. The molecule has 9 nitrogen and oxygen atoms in total. The van der Waals surface area contributed by atoms with Gasteiger partial charge in [-0.1, -0.05) is 32.4 Å². The van der Waals surface area contributed by atoms with Crippen molar-refractivity contribution in [1.82, 2.24) is 14.5 Å². The molecule has 226 valence electrons. The summed E-state index contributed by atoms with van der Waals surface area (Å²) < 4.78 is 32.5. The lowest BCUT2D eigenvalue weighted by Crippen LogP contribution is -2.43. The number of ether oxygens (including phenoxy) is 1. The van der Waals surface area contributed by atoms with E-state index < -0.39 is 22.5 Å². The van der Waals surface area contributed by atoms with Gasteiger partial charge in [0.15, 0.2) is 0 Å². The number of methoxy groups -OCH3 is 1. The third-order valence-electron chi connectivity index (χ3n) is 8.01. The van der Waals surface area contributed by atoms with Gasteiger partial charge in [0, 0.05) is 39.4 Å². The summed E-state index contributed by atoms with van der Waals surface area (Å²) >= 11 is 0. The number of carbonyl (C=O) groups is 2. The Balaban J connectivity index is 1.48. The normalized spacial score (nSPS) is 16.1. The maximum atomic E-state index is 13.2. The molecule has 2 aromatic rings. The van der Waals surface area contributed by atoms with E-state index in [9.17, 15) is 18.0 Å². The Hall–Kier alpha value is -3.11. The van der Waals surface area contributed by atoms with Crippen LogP contribution in [-0.2, 0) is 26.2 Å². The molecule has 10 heteroatoms. The molecule has 2 aromatic carbocycles. The van der Waals surface area contributed by atoms with Crippen LogP contribution in [0.2, 0.25) is 0 Å². The summed E-state index contributed by atoms with van der Waals surface area (Å²) in [5.41, 5.74) is 3.28. The van der Waals surface area contributed by atoms with Gasteiger partial charge >= 0.3 is 0 Å². The summed E-state index contributed by atoms with van der Waals surface area (Å²) in [5, 5.41) is 2.56. The molecule has 1 saturated heterocycles. The van der Waals surface area contributed by atoms with Gasteiger partial charge in [-0.25, -0.2) is 8.42 Å². The van der Waals surface area contributed by atoms with Crippen molar-refractivity contribution < 1.29 is 22.7 Å². The van der Waals surface area contributed by atoms with Crippen molar-refractivity contribution in [3.05, 3.63) is 53.1 Å². The fraction of sp³-hybridized carbons (Fsp3) is 0.548. The van der Waals surface area contributed by atoms with Crippen LogP contribution >= 0.6 is 0 Å². The number of aryl methyl sites for hydroxylation is 2. The summed E-state index contributed by atoms with van der Waals surface area (Å²) in [5.74, 6) is 1.27. The Morgan fingerprint density at radius 2 is 1.76 bits per heavy atom. The fourth-order valence-corrected chi connectivity index (χ4v) is 6.94. The second kappa shape index (κ2) is 14.2. The molecular formula is C31H46N4O5S. The van der Waals surface area contributed by atoms with Crippen molar-refractivity contribution in [2.75, 3.05) is 52.3 Å². The number of hydrogen-bond acceptors (Lipinski definition) is 6. The van der Waals surface area contributed by atoms with Crippen LogP contribution in [0.5, 0.6) is 5.75 Å². The first-order chi connectivity index (χ1) is 19.3. The van der Waals surface area contributed by atoms with Gasteiger partial charge in [0.25, 0.3) is 0 Å². The zero-order valence-electron chi connectivity index (χ0n) is 25.6. The highest BCUT2D eigenvalue weighted by Gasteiger charge is 2.27. The number of rotatable bonds is 13. The first kappa shape index (κ1) is 32.4. The first-order valence-electron chi connectivity index (χ1n) is 14.3. The molecule has 0 saturated carbocycles. The summed E-state index contributed by atoms with van der Waals surface area (Å²) in [6.45, 7) is 9.93. The highest BCUT2D eigenvalue weighted by atomic mass is 32.2. The largest absolute Gasteiger partial charge is 0.497 e. The third kappa shape index (κ3) is 8.45. The highest BCUT2D eigenvalue weighted by Crippen LogP contribution is 2.29. The van der Waals surface area contributed by atoms with Crippen LogP contribution in [0.4, 0.5) is 5.69 Å². The zero-order valence-corrected chi connectivity index (χ0v) is 26.4. The number of likely N-dealkylation sites (N-methyl/N-ethyl adjacent to an activating group) is 2. The molecule has 0 aliphatic carbocycles. The van der Waals surface area contributed by atoms with Crippen LogP contribution in [-0.4, -0.2) is 76.8 Å². The van der Waals surface area contributed by atoms with Gasteiger partial charge in [-0.05, 0) is 79.5 Å². The second-order valence-electron chi connectivity index (χ2n) is 11.4. The Kier molecular flexibility index (Phi) is 11.2. The van der Waals surface area contributed by atoms with E-state index in [1.807, 2.05) is 12.1 Å². The van der Waals surface area contributed by atoms with E-state index in [1.54, 1.807) is 37.9 Å². The minimum absolute atomic E-state index is 0.145. The Bertz CT molecular complexity index is 1290. The van der Waals surface area contributed by atoms with E-state index in [2.05, 4.69) is 36.2 Å². The van der Waals surface area contributed by atoms with Crippen LogP contribution in [0, 0.1) is 25.7 Å². The SMILES string of the molecule is CCC(C)C[C@@H]1CCN(c2ccc(CN(C)C(=O)CNC(=O)CN(C)S(=O)(=O)c3c(C)cc(OC)cc3C)cc2)C1. The van der Waals surface area contributed by atoms with Gasteiger partial charge in [-0.2, -0.15) is 4.31 Å². The third-order valence-corrected chi connectivity index (χ3v) is 10.1. The number of benzene rings is 2. The van der Waals surface area contributed by atoms with E-state index in [0.717, 1.165) is 34.8 Å². The molecule has 1 aliphatic heterocycles. The Labute approximate surface area is 245 Å². The Morgan fingerprint density at radius 3 is 2.34 bits per heavy atom. The lowest BCUT2D eigenvalue weighted by molar-refractivity contribution is -0.132. The number of hydrogen-bond donors (Lipinski definition) is 1. The summed E-state index contributed by atoms with van der Waals surface area (Å²) in [4.78, 5) is 29.4. The van der Waals surface area contributed by atoms with Crippen LogP contribution < -0.4 is 15.0 Å². The summed E-state index contributed by atoms with van der Waals surface area (Å²) in [7, 11) is 0.642. The van der Waals surface area contributed by atoms with Crippen LogP contribution in [0.15, 0.2) is 41.3 Å². The average Bonchev–Trinajstić information content (AvgIpc) is 3.39. The number of amides is 2. The molecule has 1 unspecified atom stereocenters. The molecule has 2 amide bonds. The number of nitrogens with zero attached hydrogens (tertiary/aromatic N) is 3. The maximum absolute atomic E-state index is 13.2. The van der Waals surface area contributed by atoms with Gasteiger partial charge < -0.3 is 19.9 Å². The predicted octanol–water partition coefficient (Wildman–Crippen LogP) is 3.97. The minimum atomic E-state index is -3.92. The van der Waals surface area contributed by atoms with Crippen molar-refractivity contribution in [2.24, 2.45) is 11.8 Å². The van der Waals surface area contributed by atoms with Crippen molar-refractivity contribution in [2.45, 2.75) is 58.4 Å². The number of carbonyl (C=O) groups excluding carboxylic acids is 2. The Morgan fingerprint density at radius 1 is 1.12 bits per heavy atom. The maximum Gasteiger partial charge on any atom is 0.243 e. The van der Waals surface area contributed by atoms with Gasteiger partial charge in [0.2, 0.25) is 21.8 Å².